The number of nitrogens with zero attached hydrogens (tertiary/aromatic N) is 2. The summed E-state index contributed by atoms with van der Waals surface area (Å²) in [6.45, 7) is 2.31. The van der Waals surface area contributed by atoms with Crippen LogP contribution in [0.4, 0.5) is 5.82 Å². The molecule has 2 rings (SSSR count). The van der Waals surface area contributed by atoms with Gasteiger partial charge in [0.15, 0.2) is 0 Å². The average Bonchev–Trinajstić information content (AvgIpc) is 2.64. The van der Waals surface area contributed by atoms with Crippen molar-refractivity contribution in [3.63, 3.8) is 0 Å². The fraction of sp³-hybridized carbons (Fsp3) is 0.700. The van der Waals surface area contributed by atoms with Crippen LogP contribution in [-0.2, 0) is 7.05 Å². The third kappa shape index (κ3) is 1.85. The average molecular weight is 179 g/mol. The van der Waals surface area contributed by atoms with Crippen molar-refractivity contribution in [2.75, 3.05) is 5.32 Å². The van der Waals surface area contributed by atoms with Crippen LogP contribution in [0, 0.1) is 5.92 Å². The van der Waals surface area contributed by atoms with Crippen molar-refractivity contribution in [2.45, 2.75) is 32.2 Å². The fourth-order valence-corrected chi connectivity index (χ4v) is 2.04. The monoisotopic (exact) mass is 179 g/mol. The Morgan fingerprint density at radius 1 is 1.54 bits per heavy atom. The predicted octanol–water partition coefficient (Wildman–Crippen LogP) is 2.02. The first-order chi connectivity index (χ1) is 6.25. The summed E-state index contributed by atoms with van der Waals surface area (Å²) in [5, 5.41) is 7.79. The molecule has 3 heteroatoms. The lowest BCUT2D eigenvalue weighted by Crippen LogP contribution is -2.22. The summed E-state index contributed by atoms with van der Waals surface area (Å²) < 4.78 is 1.84. The fourth-order valence-electron chi connectivity index (χ4n) is 2.04. The van der Waals surface area contributed by atoms with E-state index in [-0.39, 0.29) is 0 Å². The second-order valence-corrected chi connectivity index (χ2v) is 4.03. The van der Waals surface area contributed by atoms with Gasteiger partial charge in [0.1, 0.15) is 5.82 Å². The normalized spacial score (nSPS) is 27.8. The number of nitrogens with one attached hydrogen (secondary N) is 1. The zero-order chi connectivity index (χ0) is 9.26. The Labute approximate surface area is 79.1 Å². The van der Waals surface area contributed by atoms with Gasteiger partial charge in [-0.25, -0.2) is 0 Å². The lowest BCUT2D eigenvalue weighted by molar-refractivity contribution is 0.553. The number of anilines is 1. The molecule has 0 aromatic carbocycles. The molecule has 0 unspecified atom stereocenters. The first-order valence-electron chi connectivity index (χ1n) is 5.02. The molecule has 0 radical (unpaired) electrons. The molecule has 1 N–H and O–H groups in total. The number of aryl methyl sites for hydroxylation is 1. The Bertz CT molecular complexity index is 279. The van der Waals surface area contributed by atoms with E-state index in [2.05, 4.69) is 17.3 Å². The first kappa shape index (κ1) is 8.60. The molecule has 1 fully saturated rings. The second kappa shape index (κ2) is 3.40. The Kier molecular flexibility index (Phi) is 2.25. The van der Waals surface area contributed by atoms with Crippen LogP contribution in [0.15, 0.2) is 12.3 Å². The molecule has 0 bridgehead atoms. The lowest BCUT2D eigenvalue weighted by atomic mass is 10.1. The minimum atomic E-state index is 0.634. The molecule has 1 aromatic rings. The summed E-state index contributed by atoms with van der Waals surface area (Å²) in [5.41, 5.74) is 0. The number of rotatable bonds is 2. The van der Waals surface area contributed by atoms with Gasteiger partial charge in [-0.2, -0.15) is 5.10 Å². The van der Waals surface area contributed by atoms with Crippen molar-refractivity contribution in [3.8, 4) is 0 Å². The highest BCUT2D eigenvalue weighted by molar-refractivity contribution is 5.34. The molecule has 1 aromatic heterocycles. The molecule has 1 aliphatic rings. The van der Waals surface area contributed by atoms with E-state index in [1.54, 1.807) is 0 Å². The summed E-state index contributed by atoms with van der Waals surface area (Å²) in [6, 6.07) is 2.67. The molecule has 0 saturated heterocycles. The van der Waals surface area contributed by atoms with Crippen molar-refractivity contribution in [1.29, 1.82) is 0 Å². The highest BCUT2D eigenvalue weighted by Crippen LogP contribution is 2.27. The van der Waals surface area contributed by atoms with Crippen LogP contribution in [0.3, 0.4) is 0 Å². The standard InChI is InChI=1S/C10H17N3/c1-8-4-3-5-9(8)11-10-6-7-13(2)12-10/h6-9H,3-5H2,1-2H3,(H,11,12)/t8-,9+/m0/s1. The highest BCUT2D eigenvalue weighted by atomic mass is 15.3. The largest absolute Gasteiger partial charge is 0.366 e. The Hall–Kier alpha value is -0.990. The zero-order valence-corrected chi connectivity index (χ0v) is 8.33. The molecular formula is C10H17N3. The SMILES string of the molecule is C[C@H]1CCC[C@H]1Nc1ccn(C)n1. The van der Waals surface area contributed by atoms with Crippen LogP contribution in [-0.4, -0.2) is 15.8 Å². The first-order valence-corrected chi connectivity index (χ1v) is 5.02. The molecule has 0 aliphatic heterocycles. The van der Waals surface area contributed by atoms with Gasteiger partial charge < -0.3 is 5.32 Å². The second-order valence-electron chi connectivity index (χ2n) is 4.03. The maximum Gasteiger partial charge on any atom is 0.148 e. The highest BCUT2D eigenvalue weighted by Gasteiger charge is 2.23. The zero-order valence-electron chi connectivity index (χ0n) is 8.33. The third-order valence-corrected chi connectivity index (χ3v) is 2.91. The van der Waals surface area contributed by atoms with Gasteiger partial charge in [-0.3, -0.25) is 4.68 Å². The van der Waals surface area contributed by atoms with Crippen LogP contribution in [0.1, 0.15) is 26.2 Å². The number of hydrogen-bond acceptors (Lipinski definition) is 2. The molecule has 2 atom stereocenters. The van der Waals surface area contributed by atoms with Gasteiger partial charge in [-0.1, -0.05) is 13.3 Å². The van der Waals surface area contributed by atoms with Crippen molar-refractivity contribution < 1.29 is 0 Å². The van der Waals surface area contributed by atoms with E-state index in [4.69, 9.17) is 0 Å². The summed E-state index contributed by atoms with van der Waals surface area (Å²) in [4.78, 5) is 0. The van der Waals surface area contributed by atoms with Crippen molar-refractivity contribution in [3.05, 3.63) is 12.3 Å². The Balaban J connectivity index is 1.97. The van der Waals surface area contributed by atoms with E-state index >= 15 is 0 Å². The van der Waals surface area contributed by atoms with Crippen molar-refractivity contribution in [1.82, 2.24) is 9.78 Å². The van der Waals surface area contributed by atoms with E-state index in [0.29, 0.717) is 6.04 Å². The molecule has 13 heavy (non-hydrogen) atoms. The van der Waals surface area contributed by atoms with Crippen LogP contribution in [0.5, 0.6) is 0 Å². The van der Waals surface area contributed by atoms with E-state index in [1.165, 1.54) is 19.3 Å². The quantitative estimate of drug-likeness (QED) is 0.752. The van der Waals surface area contributed by atoms with Gasteiger partial charge in [0.25, 0.3) is 0 Å². The molecule has 1 heterocycles. The summed E-state index contributed by atoms with van der Waals surface area (Å²) in [6.07, 6.45) is 5.97. The molecule has 3 nitrogen and oxygen atoms in total. The molecule has 1 saturated carbocycles. The van der Waals surface area contributed by atoms with Gasteiger partial charge in [-0.15, -0.1) is 0 Å². The summed E-state index contributed by atoms with van der Waals surface area (Å²) in [5.74, 6) is 1.81. The molecule has 0 amide bonds. The predicted molar refractivity (Wildman–Crippen MR) is 53.6 cm³/mol. The smallest absolute Gasteiger partial charge is 0.148 e. The van der Waals surface area contributed by atoms with E-state index in [1.807, 2.05) is 24.0 Å². The number of aromatic nitrogens is 2. The van der Waals surface area contributed by atoms with Gasteiger partial charge in [0.05, 0.1) is 0 Å². The third-order valence-electron chi connectivity index (χ3n) is 2.91. The van der Waals surface area contributed by atoms with Crippen LogP contribution in [0.25, 0.3) is 0 Å². The molecule has 1 aliphatic carbocycles. The maximum atomic E-state index is 4.31. The van der Waals surface area contributed by atoms with E-state index in [0.717, 1.165) is 11.7 Å². The minimum absolute atomic E-state index is 0.634. The minimum Gasteiger partial charge on any atom is -0.366 e. The summed E-state index contributed by atoms with van der Waals surface area (Å²) in [7, 11) is 1.95. The molecule has 0 spiro atoms. The van der Waals surface area contributed by atoms with Gasteiger partial charge in [-0.05, 0) is 18.8 Å². The Morgan fingerprint density at radius 3 is 2.92 bits per heavy atom. The van der Waals surface area contributed by atoms with Crippen LogP contribution < -0.4 is 5.32 Å². The molecule has 72 valence electrons. The lowest BCUT2D eigenvalue weighted by Gasteiger charge is -2.16. The van der Waals surface area contributed by atoms with Gasteiger partial charge >= 0.3 is 0 Å². The number of hydrogen-bond donors (Lipinski definition) is 1. The maximum absolute atomic E-state index is 4.31. The van der Waals surface area contributed by atoms with Crippen LogP contribution >= 0.6 is 0 Å². The van der Waals surface area contributed by atoms with E-state index < -0.39 is 0 Å². The van der Waals surface area contributed by atoms with Crippen LogP contribution in [0.2, 0.25) is 0 Å². The topological polar surface area (TPSA) is 29.9 Å². The van der Waals surface area contributed by atoms with E-state index in [9.17, 15) is 0 Å². The molecular weight excluding hydrogens is 162 g/mol. The van der Waals surface area contributed by atoms with Crippen molar-refractivity contribution in [2.24, 2.45) is 13.0 Å². The van der Waals surface area contributed by atoms with Crippen molar-refractivity contribution >= 4 is 5.82 Å². The summed E-state index contributed by atoms with van der Waals surface area (Å²) >= 11 is 0. The van der Waals surface area contributed by atoms with Gasteiger partial charge in [0.2, 0.25) is 0 Å². The van der Waals surface area contributed by atoms with Gasteiger partial charge in [0, 0.05) is 25.4 Å². The Morgan fingerprint density at radius 2 is 2.38 bits per heavy atom.